The predicted molar refractivity (Wildman–Crippen MR) is 129 cm³/mol. The van der Waals surface area contributed by atoms with Crippen LogP contribution in [0.25, 0.3) is 0 Å². The van der Waals surface area contributed by atoms with E-state index < -0.39 is 21.2 Å². The number of ketones is 1. The number of aryl methyl sites for hydroxylation is 1. The molecule has 2 unspecified atom stereocenters. The summed E-state index contributed by atoms with van der Waals surface area (Å²) in [5, 5.41) is 0. The van der Waals surface area contributed by atoms with Crippen molar-refractivity contribution in [2.24, 2.45) is 0 Å². The predicted octanol–water partition coefficient (Wildman–Crippen LogP) is 4.16. The van der Waals surface area contributed by atoms with E-state index in [4.69, 9.17) is 14.3 Å². The van der Waals surface area contributed by atoms with Gasteiger partial charge in [0.25, 0.3) is 0 Å². The first-order valence-corrected chi connectivity index (χ1v) is 13.7. The summed E-state index contributed by atoms with van der Waals surface area (Å²) in [6.45, 7) is 1.93. The summed E-state index contributed by atoms with van der Waals surface area (Å²) in [6.07, 6.45) is 4.81. The fourth-order valence-corrected chi connectivity index (χ4v) is 6.30. The molecule has 0 bridgehead atoms. The Kier molecular flexibility index (Phi) is 5.84. The number of imidazole rings is 1. The molecule has 0 saturated carbocycles. The number of rotatable bonds is 6. The van der Waals surface area contributed by atoms with Crippen molar-refractivity contribution in [3.05, 3.63) is 119 Å². The summed E-state index contributed by atoms with van der Waals surface area (Å²) >= 11 is 0. The van der Waals surface area contributed by atoms with Crippen LogP contribution in [-0.4, -0.2) is 30.0 Å². The highest BCUT2D eigenvalue weighted by molar-refractivity contribution is 7.60. The smallest absolute Gasteiger partial charge is 0.403 e. The van der Waals surface area contributed by atoms with Crippen LogP contribution in [0.5, 0.6) is 5.75 Å². The third-order valence-electron chi connectivity index (χ3n) is 5.98. The molecule has 1 aliphatic carbocycles. The molecular formula is C24H20N2O8P2. The van der Waals surface area contributed by atoms with Gasteiger partial charge in [-0.1, -0.05) is 66.2 Å². The number of nitrogens with zero attached hydrogens (tertiary/aromatic N) is 2. The number of phosphoric ester groups is 1. The first-order chi connectivity index (χ1) is 17.0. The van der Waals surface area contributed by atoms with Gasteiger partial charge in [-0.15, -0.1) is 0 Å². The molecule has 184 valence electrons. The monoisotopic (exact) mass is 526 g/mol. The lowest BCUT2D eigenvalue weighted by atomic mass is 9.67. The molecule has 3 N–H and O–H groups in total. The summed E-state index contributed by atoms with van der Waals surface area (Å²) in [6, 6.07) is 18.9. The van der Waals surface area contributed by atoms with E-state index in [1.807, 2.05) is 31.2 Å². The van der Waals surface area contributed by atoms with Crippen LogP contribution in [0.3, 0.4) is 0 Å². The lowest BCUT2D eigenvalue weighted by Crippen LogP contribution is -2.43. The molecule has 0 saturated heterocycles. The van der Waals surface area contributed by atoms with Crippen LogP contribution in [0.4, 0.5) is 0 Å². The van der Waals surface area contributed by atoms with Gasteiger partial charge < -0.3 is 18.9 Å². The number of hydrogen-bond acceptors (Lipinski definition) is 6. The highest BCUT2D eigenvalue weighted by Gasteiger charge is 2.49. The fraction of sp³-hybridized carbons (Fsp3) is 0.0833. The van der Waals surface area contributed by atoms with Crippen LogP contribution in [0, 0.1) is 6.92 Å². The Bertz CT molecular complexity index is 1560. The van der Waals surface area contributed by atoms with Gasteiger partial charge in [0.05, 0.1) is 6.33 Å². The van der Waals surface area contributed by atoms with Crippen molar-refractivity contribution >= 4 is 21.4 Å². The summed E-state index contributed by atoms with van der Waals surface area (Å²) in [4.78, 5) is 46.2. The Labute approximate surface area is 205 Å². The van der Waals surface area contributed by atoms with Crippen molar-refractivity contribution in [1.82, 2.24) is 9.55 Å². The Morgan fingerprint density at radius 2 is 1.61 bits per heavy atom. The molecule has 0 amide bonds. The standard InChI is InChI=1S/C24H20N2O8P2/c1-16-9-11-17(12-10-16)24(26-14-13-25-15-26)20-7-3-2-5-18(20)23(27)19-6-4-8-21(22(19)24)33-36(31,32)34-35(28,29)30/h2-15H,1H3,(H,31,32)(H2,28,29,30). The average molecular weight is 526 g/mol. The minimum Gasteiger partial charge on any atom is -0.403 e. The number of carbonyl (C=O) groups excluding carboxylic acids is 1. The van der Waals surface area contributed by atoms with E-state index in [1.165, 1.54) is 12.1 Å². The van der Waals surface area contributed by atoms with Crippen LogP contribution in [0.1, 0.15) is 38.2 Å². The number of hydrogen-bond donors (Lipinski definition) is 3. The third kappa shape index (κ3) is 4.04. The lowest BCUT2D eigenvalue weighted by molar-refractivity contribution is 0.102. The van der Waals surface area contributed by atoms with Crippen molar-refractivity contribution < 1.29 is 37.4 Å². The molecule has 4 aromatic rings. The van der Waals surface area contributed by atoms with Crippen molar-refractivity contribution in [1.29, 1.82) is 0 Å². The molecule has 1 aromatic heterocycles. The number of carbonyl (C=O) groups is 1. The fourth-order valence-electron chi connectivity index (χ4n) is 4.69. The van der Waals surface area contributed by atoms with Gasteiger partial charge in [-0.3, -0.25) is 9.69 Å². The van der Waals surface area contributed by atoms with Gasteiger partial charge in [-0.25, -0.2) is 14.1 Å². The van der Waals surface area contributed by atoms with Crippen molar-refractivity contribution in [2.45, 2.75) is 12.5 Å². The topological polar surface area (TPSA) is 148 Å². The van der Waals surface area contributed by atoms with Gasteiger partial charge in [0.2, 0.25) is 0 Å². The number of phosphoric acid groups is 2. The zero-order valence-electron chi connectivity index (χ0n) is 18.8. The molecule has 0 spiro atoms. The van der Waals surface area contributed by atoms with E-state index in [2.05, 4.69) is 9.29 Å². The molecule has 12 heteroatoms. The van der Waals surface area contributed by atoms with E-state index in [0.717, 1.165) is 5.56 Å². The minimum atomic E-state index is -5.38. The van der Waals surface area contributed by atoms with Gasteiger partial charge in [0.1, 0.15) is 11.3 Å². The molecule has 2 atom stereocenters. The van der Waals surface area contributed by atoms with Gasteiger partial charge in [0.15, 0.2) is 5.78 Å². The summed E-state index contributed by atoms with van der Waals surface area (Å²) in [5.74, 6) is -0.610. The van der Waals surface area contributed by atoms with Crippen LogP contribution in [-0.2, 0) is 19.0 Å². The van der Waals surface area contributed by atoms with E-state index in [1.54, 1.807) is 53.6 Å². The van der Waals surface area contributed by atoms with Gasteiger partial charge in [0, 0.05) is 29.1 Å². The Hall–Kier alpha value is -3.36. The Morgan fingerprint density at radius 3 is 2.28 bits per heavy atom. The summed E-state index contributed by atoms with van der Waals surface area (Å²) in [7, 11) is -10.7. The van der Waals surface area contributed by atoms with E-state index >= 15 is 0 Å². The van der Waals surface area contributed by atoms with Crippen molar-refractivity contribution in [2.75, 3.05) is 0 Å². The Morgan fingerprint density at radius 1 is 0.917 bits per heavy atom. The van der Waals surface area contributed by atoms with Crippen LogP contribution >= 0.6 is 15.6 Å². The van der Waals surface area contributed by atoms with Crippen LogP contribution < -0.4 is 4.52 Å². The molecule has 0 aliphatic heterocycles. The van der Waals surface area contributed by atoms with E-state index in [9.17, 15) is 18.8 Å². The molecule has 0 fully saturated rings. The highest BCUT2D eigenvalue weighted by Crippen LogP contribution is 2.59. The van der Waals surface area contributed by atoms with Crippen molar-refractivity contribution in [3.8, 4) is 5.75 Å². The second-order valence-electron chi connectivity index (χ2n) is 8.23. The molecule has 10 nitrogen and oxygen atoms in total. The number of fused-ring (bicyclic) bond motifs is 2. The molecular weight excluding hydrogens is 506 g/mol. The summed E-state index contributed by atoms with van der Waals surface area (Å²) in [5.41, 5.74) is 1.71. The zero-order chi connectivity index (χ0) is 25.7. The highest BCUT2D eigenvalue weighted by atomic mass is 31.3. The Balaban J connectivity index is 1.89. The molecule has 0 radical (unpaired) electrons. The first kappa shape index (κ1) is 24.3. The number of benzene rings is 3. The third-order valence-corrected chi connectivity index (χ3v) is 8.08. The zero-order valence-corrected chi connectivity index (χ0v) is 20.5. The first-order valence-electron chi connectivity index (χ1n) is 10.7. The maximum absolute atomic E-state index is 13.6. The largest absolute Gasteiger partial charge is 0.536 e. The molecule has 3 aromatic carbocycles. The molecule has 36 heavy (non-hydrogen) atoms. The summed E-state index contributed by atoms with van der Waals surface area (Å²) < 4.78 is 35.0. The van der Waals surface area contributed by atoms with E-state index in [-0.39, 0.29) is 22.7 Å². The quantitative estimate of drug-likeness (QED) is 0.277. The maximum Gasteiger partial charge on any atom is 0.536 e. The minimum absolute atomic E-state index is 0.177. The van der Waals surface area contributed by atoms with E-state index in [0.29, 0.717) is 16.7 Å². The maximum atomic E-state index is 13.6. The van der Waals surface area contributed by atoms with Crippen LogP contribution in [0.15, 0.2) is 85.5 Å². The molecule has 5 rings (SSSR count). The number of aromatic nitrogens is 2. The normalized spacial score (nSPS) is 18.7. The molecule has 1 heterocycles. The SMILES string of the molecule is Cc1ccc(C2(n3ccnc3)c3ccccc3C(=O)c3cccc(OP(=O)(O)OP(=O)(O)O)c32)cc1. The lowest BCUT2D eigenvalue weighted by Gasteiger charge is -2.42. The average Bonchev–Trinajstić information content (AvgIpc) is 3.34. The van der Waals surface area contributed by atoms with Crippen LogP contribution in [0.2, 0.25) is 0 Å². The van der Waals surface area contributed by atoms with Gasteiger partial charge >= 0.3 is 15.6 Å². The van der Waals surface area contributed by atoms with Gasteiger partial charge in [-0.05, 0) is 24.1 Å². The van der Waals surface area contributed by atoms with Crippen molar-refractivity contribution in [3.63, 3.8) is 0 Å². The second kappa shape index (κ2) is 8.64. The van der Waals surface area contributed by atoms with Gasteiger partial charge in [-0.2, -0.15) is 4.31 Å². The second-order valence-corrected chi connectivity index (χ2v) is 11.0. The molecule has 1 aliphatic rings.